The molecule has 0 atom stereocenters. The van der Waals surface area contributed by atoms with E-state index < -0.39 is 0 Å². The Morgan fingerprint density at radius 1 is 1.33 bits per heavy atom. The second-order valence-electron chi connectivity index (χ2n) is 6.31. The minimum atomic E-state index is -0.171. The molecule has 116 valence electrons. The number of hydrogen-bond donors (Lipinski definition) is 3. The highest BCUT2D eigenvalue weighted by Gasteiger charge is 2.33. The van der Waals surface area contributed by atoms with Gasteiger partial charge in [0.05, 0.1) is 6.61 Å². The molecule has 1 aromatic carbocycles. The molecule has 0 unspecified atom stereocenters. The topological polar surface area (TPSA) is 61.4 Å². The van der Waals surface area contributed by atoms with Crippen molar-refractivity contribution in [3.63, 3.8) is 0 Å². The van der Waals surface area contributed by atoms with Crippen LogP contribution in [0.5, 0.6) is 0 Å². The van der Waals surface area contributed by atoms with E-state index >= 15 is 0 Å². The van der Waals surface area contributed by atoms with Crippen molar-refractivity contribution in [1.82, 2.24) is 5.32 Å². The molecule has 2 rings (SSSR count). The summed E-state index contributed by atoms with van der Waals surface area (Å²) in [7, 11) is 0. The van der Waals surface area contributed by atoms with Crippen molar-refractivity contribution in [3.05, 3.63) is 29.8 Å². The molecule has 3 N–H and O–H groups in total. The van der Waals surface area contributed by atoms with Gasteiger partial charge in [-0.1, -0.05) is 25.1 Å². The summed E-state index contributed by atoms with van der Waals surface area (Å²) in [6.45, 7) is 4.61. The Hall–Kier alpha value is -1.39. The molecular formula is C17H26N2O2. The lowest BCUT2D eigenvalue weighted by Crippen LogP contribution is -2.50. The third-order valence-electron chi connectivity index (χ3n) is 4.52. The van der Waals surface area contributed by atoms with E-state index in [1.54, 1.807) is 0 Å². The van der Waals surface area contributed by atoms with Gasteiger partial charge in [-0.05, 0) is 43.2 Å². The Labute approximate surface area is 126 Å². The second-order valence-corrected chi connectivity index (χ2v) is 6.31. The summed E-state index contributed by atoms with van der Waals surface area (Å²) >= 11 is 0. The summed E-state index contributed by atoms with van der Waals surface area (Å²) in [6, 6.07) is 7.80. The molecule has 0 aliphatic heterocycles. The summed E-state index contributed by atoms with van der Waals surface area (Å²) in [6.07, 6.45) is 4.32. The smallest absolute Gasteiger partial charge is 0.221 e. The van der Waals surface area contributed by atoms with Gasteiger partial charge in [0.1, 0.15) is 0 Å². The molecule has 1 fully saturated rings. The summed E-state index contributed by atoms with van der Waals surface area (Å²) in [5.74, 6) is 0.684. The number of carbonyl (C=O) groups excluding carboxylic acids is 1. The van der Waals surface area contributed by atoms with Gasteiger partial charge in [0.15, 0.2) is 0 Å². The van der Waals surface area contributed by atoms with Crippen LogP contribution in [0.2, 0.25) is 0 Å². The fraction of sp³-hybridized carbons (Fsp3) is 0.588. The Bertz CT molecular complexity index is 479. The van der Waals surface area contributed by atoms with Crippen LogP contribution < -0.4 is 10.6 Å². The number of amides is 1. The largest absolute Gasteiger partial charge is 0.394 e. The monoisotopic (exact) mass is 290 g/mol. The van der Waals surface area contributed by atoms with Crippen LogP contribution in [0.1, 0.15) is 45.1 Å². The summed E-state index contributed by atoms with van der Waals surface area (Å²) in [4.78, 5) is 11.3. The number of hydrogen-bond acceptors (Lipinski definition) is 3. The highest BCUT2D eigenvalue weighted by atomic mass is 16.3. The molecule has 0 bridgehead atoms. The molecule has 1 aliphatic rings. The molecule has 1 amide bonds. The first-order valence-corrected chi connectivity index (χ1v) is 7.76. The summed E-state index contributed by atoms with van der Waals surface area (Å²) in [5.41, 5.74) is 1.73. The normalized spacial score (nSPS) is 25.6. The highest BCUT2D eigenvalue weighted by Crippen LogP contribution is 2.32. The van der Waals surface area contributed by atoms with Gasteiger partial charge in [0, 0.05) is 24.7 Å². The number of benzene rings is 1. The fourth-order valence-electron chi connectivity index (χ4n) is 2.97. The van der Waals surface area contributed by atoms with Crippen LogP contribution in [0.15, 0.2) is 24.3 Å². The van der Waals surface area contributed by atoms with Gasteiger partial charge >= 0.3 is 0 Å². The van der Waals surface area contributed by atoms with Crippen molar-refractivity contribution in [1.29, 1.82) is 0 Å². The van der Waals surface area contributed by atoms with Crippen LogP contribution in [0.25, 0.3) is 0 Å². The van der Waals surface area contributed by atoms with E-state index in [0.717, 1.165) is 42.9 Å². The lowest BCUT2D eigenvalue weighted by atomic mass is 9.77. The fourth-order valence-corrected chi connectivity index (χ4v) is 2.97. The van der Waals surface area contributed by atoms with Crippen molar-refractivity contribution >= 4 is 11.6 Å². The van der Waals surface area contributed by atoms with Crippen molar-refractivity contribution in [2.24, 2.45) is 5.92 Å². The highest BCUT2D eigenvalue weighted by molar-refractivity contribution is 5.89. The number of anilines is 1. The van der Waals surface area contributed by atoms with E-state index in [4.69, 9.17) is 0 Å². The Kier molecular flexibility index (Phi) is 5.37. The predicted octanol–water partition coefficient (Wildman–Crippen LogP) is 2.68. The number of nitrogens with one attached hydrogen (secondary N) is 2. The Morgan fingerprint density at radius 3 is 2.62 bits per heavy atom. The lowest BCUT2D eigenvalue weighted by Gasteiger charge is -2.39. The molecule has 21 heavy (non-hydrogen) atoms. The zero-order valence-electron chi connectivity index (χ0n) is 13.0. The van der Waals surface area contributed by atoms with Crippen LogP contribution in [-0.4, -0.2) is 23.2 Å². The van der Waals surface area contributed by atoms with Crippen LogP contribution in [-0.2, 0) is 11.3 Å². The van der Waals surface area contributed by atoms with Crippen molar-refractivity contribution in [3.8, 4) is 0 Å². The van der Waals surface area contributed by atoms with Gasteiger partial charge < -0.3 is 15.7 Å². The first-order chi connectivity index (χ1) is 10.0. The van der Waals surface area contributed by atoms with Crippen LogP contribution >= 0.6 is 0 Å². The van der Waals surface area contributed by atoms with E-state index in [1.807, 2.05) is 24.3 Å². The second kappa shape index (κ2) is 7.05. The predicted molar refractivity (Wildman–Crippen MR) is 85.0 cm³/mol. The van der Waals surface area contributed by atoms with E-state index in [9.17, 15) is 9.90 Å². The maximum absolute atomic E-state index is 11.3. The molecule has 0 heterocycles. The standard InChI is InChI=1S/C17H26N2O2/c1-13-7-9-17(12-20,10-8-13)18-11-15-5-3-4-6-16(15)19-14(2)21/h3-6,13,18,20H,7-12H2,1-2H3,(H,19,21). The van der Waals surface area contributed by atoms with Gasteiger partial charge in [-0.2, -0.15) is 0 Å². The molecule has 1 aliphatic carbocycles. The van der Waals surface area contributed by atoms with Gasteiger partial charge in [0.25, 0.3) is 0 Å². The summed E-state index contributed by atoms with van der Waals surface area (Å²) in [5, 5.41) is 16.2. The van der Waals surface area contributed by atoms with Crippen molar-refractivity contribution < 1.29 is 9.90 Å². The molecule has 1 aromatic rings. The maximum Gasteiger partial charge on any atom is 0.221 e. The minimum Gasteiger partial charge on any atom is -0.394 e. The molecule has 0 saturated heterocycles. The van der Waals surface area contributed by atoms with Crippen LogP contribution in [0, 0.1) is 5.92 Å². The van der Waals surface area contributed by atoms with Crippen molar-refractivity contribution in [2.45, 2.75) is 51.6 Å². The van der Waals surface area contributed by atoms with Gasteiger partial charge in [0.2, 0.25) is 5.91 Å². The zero-order valence-corrected chi connectivity index (χ0v) is 13.0. The molecule has 0 spiro atoms. The van der Waals surface area contributed by atoms with Crippen molar-refractivity contribution in [2.75, 3.05) is 11.9 Å². The van der Waals surface area contributed by atoms with Gasteiger partial charge in [-0.25, -0.2) is 0 Å². The van der Waals surface area contributed by atoms with Gasteiger partial charge in [-0.3, -0.25) is 4.79 Å². The Morgan fingerprint density at radius 2 is 2.00 bits per heavy atom. The van der Waals surface area contributed by atoms with E-state index in [0.29, 0.717) is 6.54 Å². The maximum atomic E-state index is 11.3. The molecule has 4 heteroatoms. The molecule has 4 nitrogen and oxygen atoms in total. The first-order valence-electron chi connectivity index (χ1n) is 7.76. The van der Waals surface area contributed by atoms with Crippen LogP contribution in [0.4, 0.5) is 5.69 Å². The quantitative estimate of drug-likeness (QED) is 0.781. The van der Waals surface area contributed by atoms with Gasteiger partial charge in [-0.15, -0.1) is 0 Å². The van der Waals surface area contributed by atoms with E-state index in [-0.39, 0.29) is 18.1 Å². The lowest BCUT2D eigenvalue weighted by molar-refractivity contribution is -0.114. The van der Waals surface area contributed by atoms with E-state index in [2.05, 4.69) is 17.6 Å². The molecule has 1 saturated carbocycles. The first kappa shape index (κ1) is 16.0. The number of aliphatic hydroxyl groups excluding tert-OH is 1. The minimum absolute atomic E-state index is 0.0641. The average Bonchev–Trinajstić information content (AvgIpc) is 2.48. The number of para-hydroxylation sites is 1. The number of aliphatic hydroxyl groups is 1. The third kappa shape index (κ3) is 4.29. The number of rotatable bonds is 5. The van der Waals surface area contributed by atoms with E-state index in [1.165, 1.54) is 6.92 Å². The molecule has 0 radical (unpaired) electrons. The number of carbonyl (C=O) groups is 1. The molecule has 0 aromatic heterocycles. The summed E-state index contributed by atoms with van der Waals surface area (Å²) < 4.78 is 0. The average molecular weight is 290 g/mol. The third-order valence-corrected chi connectivity index (χ3v) is 4.52. The van der Waals surface area contributed by atoms with Crippen LogP contribution in [0.3, 0.4) is 0 Å². The SMILES string of the molecule is CC(=O)Nc1ccccc1CNC1(CO)CCC(C)CC1. The molecular weight excluding hydrogens is 264 g/mol. The Balaban J connectivity index is 2.03. The zero-order chi connectivity index (χ0) is 15.3.